The Hall–Kier alpha value is -3.15. The number of carbonyl (C=O) groups excluding carboxylic acids is 1. The molecule has 5 nitrogen and oxygen atoms in total. The van der Waals surface area contributed by atoms with Crippen LogP contribution in [0.3, 0.4) is 0 Å². The summed E-state index contributed by atoms with van der Waals surface area (Å²) in [6.07, 6.45) is 3.85. The Labute approximate surface area is 168 Å². The molecule has 0 spiro atoms. The molecular formula is C23H24FN3O2. The highest BCUT2D eigenvalue weighted by Crippen LogP contribution is 2.23. The first-order valence-corrected chi connectivity index (χ1v) is 10.0. The van der Waals surface area contributed by atoms with E-state index in [1.165, 1.54) is 22.9 Å². The lowest BCUT2D eigenvalue weighted by atomic mass is 9.91. The van der Waals surface area contributed by atoms with Crippen molar-refractivity contribution in [3.05, 3.63) is 88.1 Å². The number of H-pyrrole nitrogens is 1. The zero-order chi connectivity index (χ0) is 20.2. The molecule has 0 unspecified atom stereocenters. The van der Waals surface area contributed by atoms with Crippen LogP contribution in [0.5, 0.6) is 0 Å². The van der Waals surface area contributed by atoms with Crippen LogP contribution in [0.1, 0.15) is 35.3 Å². The number of piperidine rings is 1. The molecule has 2 heterocycles. The number of aryl methyl sites for hydroxylation is 1. The fourth-order valence-corrected chi connectivity index (χ4v) is 3.95. The molecule has 2 aromatic carbocycles. The molecule has 1 saturated heterocycles. The molecule has 1 amide bonds. The molecule has 1 fully saturated rings. The summed E-state index contributed by atoms with van der Waals surface area (Å²) in [5, 5.41) is 2.95. The molecule has 6 heteroatoms. The molecule has 1 N–H and O–H groups in total. The third-order valence-corrected chi connectivity index (χ3v) is 5.53. The second-order valence-electron chi connectivity index (χ2n) is 7.60. The van der Waals surface area contributed by atoms with E-state index >= 15 is 0 Å². The first-order chi connectivity index (χ1) is 14.1. The Morgan fingerprint density at radius 3 is 2.62 bits per heavy atom. The maximum absolute atomic E-state index is 13.1. The number of aromatic amines is 1. The summed E-state index contributed by atoms with van der Waals surface area (Å²) < 4.78 is 14.4. The molecule has 0 bridgehead atoms. The smallest absolute Gasteiger partial charge is 0.271 e. The van der Waals surface area contributed by atoms with Crippen molar-refractivity contribution >= 4 is 5.91 Å². The van der Waals surface area contributed by atoms with Gasteiger partial charge in [0.1, 0.15) is 11.5 Å². The van der Waals surface area contributed by atoms with Crippen LogP contribution in [0.4, 0.5) is 4.39 Å². The summed E-state index contributed by atoms with van der Waals surface area (Å²) >= 11 is 0. The molecular weight excluding hydrogens is 369 g/mol. The standard InChI is InChI=1S/C23H24FN3O2/c24-19-12-10-17(11-13-19)8-9-18-5-4-14-26(16-18)23(29)21-15-22(28)27(25-21)20-6-2-1-3-7-20/h1-3,6-7,10-13,15,18,25H,4-5,8-9,14,16H2/t18-/m0/s1. The van der Waals surface area contributed by atoms with Gasteiger partial charge in [-0.2, -0.15) is 0 Å². The number of nitrogens with one attached hydrogen (secondary N) is 1. The predicted octanol–water partition coefficient (Wildman–Crippen LogP) is 3.79. The van der Waals surface area contributed by atoms with E-state index in [2.05, 4.69) is 5.10 Å². The Kier molecular flexibility index (Phi) is 5.60. The average Bonchev–Trinajstić information content (AvgIpc) is 3.15. The molecule has 150 valence electrons. The highest BCUT2D eigenvalue weighted by molar-refractivity contribution is 5.92. The van der Waals surface area contributed by atoms with Gasteiger partial charge in [-0.15, -0.1) is 0 Å². The second kappa shape index (κ2) is 8.47. The van der Waals surface area contributed by atoms with Crippen molar-refractivity contribution in [1.29, 1.82) is 0 Å². The Morgan fingerprint density at radius 1 is 1.10 bits per heavy atom. The molecule has 0 saturated carbocycles. The normalized spacial score (nSPS) is 16.7. The van der Waals surface area contributed by atoms with E-state index in [4.69, 9.17) is 0 Å². The molecule has 3 aromatic rings. The van der Waals surface area contributed by atoms with Crippen LogP contribution < -0.4 is 5.56 Å². The lowest BCUT2D eigenvalue weighted by Gasteiger charge is -2.32. The molecule has 0 radical (unpaired) electrons. The van der Waals surface area contributed by atoms with Crippen molar-refractivity contribution in [2.75, 3.05) is 13.1 Å². The quantitative estimate of drug-likeness (QED) is 0.717. The van der Waals surface area contributed by atoms with Crippen LogP contribution in [0.25, 0.3) is 5.69 Å². The van der Waals surface area contributed by atoms with Gasteiger partial charge < -0.3 is 4.90 Å². The third kappa shape index (κ3) is 4.47. The summed E-state index contributed by atoms with van der Waals surface area (Å²) in [5.74, 6) is 0.0450. The summed E-state index contributed by atoms with van der Waals surface area (Å²) in [6, 6.07) is 17.2. The number of hydrogen-bond donors (Lipinski definition) is 1. The number of aromatic nitrogens is 2. The van der Waals surface area contributed by atoms with Gasteiger partial charge in [-0.3, -0.25) is 14.7 Å². The summed E-state index contributed by atoms with van der Waals surface area (Å²) in [7, 11) is 0. The first-order valence-electron chi connectivity index (χ1n) is 10.0. The topological polar surface area (TPSA) is 58.1 Å². The highest BCUT2D eigenvalue weighted by atomic mass is 19.1. The van der Waals surface area contributed by atoms with Crippen LogP contribution in [0.2, 0.25) is 0 Å². The van der Waals surface area contributed by atoms with Crippen molar-refractivity contribution < 1.29 is 9.18 Å². The van der Waals surface area contributed by atoms with Crippen LogP contribution in [0.15, 0.2) is 65.5 Å². The zero-order valence-corrected chi connectivity index (χ0v) is 16.2. The molecule has 0 aliphatic carbocycles. The fourth-order valence-electron chi connectivity index (χ4n) is 3.95. The van der Waals surface area contributed by atoms with E-state index in [1.807, 2.05) is 47.4 Å². The number of rotatable bonds is 5. The van der Waals surface area contributed by atoms with E-state index in [0.29, 0.717) is 30.4 Å². The van der Waals surface area contributed by atoms with Gasteiger partial charge in [0.2, 0.25) is 0 Å². The minimum atomic E-state index is -0.246. The number of hydrogen-bond acceptors (Lipinski definition) is 2. The van der Waals surface area contributed by atoms with E-state index in [-0.39, 0.29) is 17.3 Å². The largest absolute Gasteiger partial charge is 0.337 e. The zero-order valence-electron chi connectivity index (χ0n) is 16.2. The van der Waals surface area contributed by atoms with Gasteiger partial charge in [0, 0.05) is 19.2 Å². The van der Waals surface area contributed by atoms with Crippen molar-refractivity contribution in [2.24, 2.45) is 5.92 Å². The first kappa shape index (κ1) is 19.2. The number of likely N-dealkylation sites (tertiary alicyclic amines) is 1. The Balaban J connectivity index is 1.41. The van der Waals surface area contributed by atoms with Gasteiger partial charge in [-0.25, -0.2) is 9.07 Å². The van der Waals surface area contributed by atoms with E-state index < -0.39 is 0 Å². The number of carbonyl (C=O) groups is 1. The minimum Gasteiger partial charge on any atom is -0.337 e. The molecule has 1 atom stereocenters. The van der Waals surface area contributed by atoms with Gasteiger partial charge >= 0.3 is 0 Å². The summed E-state index contributed by atoms with van der Waals surface area (Å²) in [5.41, 5.74) is 1.88. The van der Waals surface area contributed by atoms with Crippen molar-refractivity contribution in [2.45, 2.75) is 25.7 Å². The van der Waals surface area contributed by atoms with E-state index in [0.717, 1.165) is 31.2 Å². The van der Waals surface area contributed by atoms with Crippen molar-refractivity contribution in [1.82, 2.24) is 14.7 Å². The number of para-hydroxylation sites is 1. The van der Waals surface area contributed by atoms with Gasteiger partial charge in [-0.05, 0) is 61.4 Å². The lowest BCUT2D eigenvalue weighted by Crippen LogP contribution is -2.40. The van der Waals surface area contributed by atoms with Gasteiger partial charge in [0.05, 0.1) is 5.69 Å². The Bertz CT molecular complexity index is 1020. The second-order valence-corrected chi connectivity index (χ2v) is 7.60. The number of benzene rings is 2. The van der Waals surface area contributed by atoms with Crippen LogP contribution in [-0.2, 0) is 6.42 Å². The maximum atomic E-state index is 13.1. The van der Waals surface area contributed by atoms with E-state index in [9.17, 15) is 14.0 Å². The predicted molar refractivity (Wildman–Crippen MR) is 110 cm³/mol. The monoisotopic (exact) mass is 393 g/mol. The number of amides is 1. The van der Waals surface area contributed by atoms with Crippen LogP contribution in [0, 0.1) is 11.7 Å². The average molecular weight is 393 g/mol. The SMILES string of the molecule is O=C(c1cc(=O)n(-c2ccccc2)[nH]1)N1CCC[C@@H](CCc2ccc(F)cc2)C1. The van der Waals surface area contributed by atoms with Crippen molar-refractivity contribution in [3.63, 3.8) is 0 Å². The van der Waals surface area contributed by atoms with Gasteiger partial charge in [0.15, 0.2) is 0 Å². The number of nitrogens with zero attached hydrogens (tertiary/aromatic N) is 2. The van der Waals surface area contributed by atoms with Gasteiger partial charge in [0.25, 0.3) is 11.5 Å². The molecule has 29 heavy (non-hydrogen) atoms. The number of halogens is 1. The van der Waals surface area contributed by atoms with Crippen molar-refractivity contribution in [3.8, 4) is 5.69 Å². The highest BCUT2D eigenvalue weighted by Gasteiger charge is 2.26. The maximum Gasteiger partial charge on any atom is 0.271 e. The molecule has 1 aromatic heterocycles. The third-order valence-electron chi connectivity index (χ3n) is 5.53. The summed E-state index contributed by atoms with van der Waals surface area (Å²) in [4.78, 5) is 27.1. The molecule has 4 rings (SSSR count). The lowest BCUT2D eigenvalue weighted by molar-refractivity contribution is 0.0662. The van der Waals surface area contributed by atoms with Crippen LogP contribution >= 0.6 is 0 Å². The fraction of sp³-hybridized carbons (Fsp3) is 0.304. The molecule has 1 aliphatic heterocycles. The summed E-state index contributed by atoms with van der Waals surface area (Å²) in [6.45, 7) is 1.38. The van der Waals surface area contributed by atoms with Gasteiger partial charge in [-0.1, -0.05) is 30.3 Å². The van der Waals surface area contributed by atoms with Crippen LogP contribution in [-0.4, -0.2) is 33.7 Å². The Morgan fingerprint density at radius 2 is 1.86 bits per heavy atom. The minimum absolute atomic E-state index is 0.136. The molecule has 1 aliphatic rings. The van der Waals surface area contributed by atoms with E-state index in [1.54, 1.807) is 0 Å².